The summed E-state index contributed by atoms with van der Waals surface area (Å²) in [5.41, 5.74) is 3.15. The normalized spacial score (nSPS) is 16.8. The Balaban J connectivity index is 2.23. The summed E-state index contributed by atoms with van der Waals surface area (Å²) in [5.74, 6) is 5.59. The number of aryl methyl sites for hydroxylation is 1. The van der Waals surface area contributed by atoms with Crippen LogP contribution in [0.5, 0.6) is 0 Å². The second-order valence-electron chi connectivity index (χ2n) is 4.89. The van der Waals surface area contributed by atoms with Gasteiger partial charge in [-0.3, -0.25) is 10.2 Å². The van der Waals surface area contributed by atoms with E-state index in [0.29, 0.717) is 10.8 Å². The molecule has 0 saturated heterocycles. The summed E-state index contributed by atoms with van der Waals surface area (Å²) in [4.78, 5) is 17.1. The van der Waals surface area contributed by atoms with Gasteiger partial charge in [0.15, 0.2) is 0 Å². The van der Waals surface area contributed by atoms with E-state index in [9.17, 15) is 4.79 Å². The fourth-order valence-corrected chi connectivity index (χ4v) is 3.73. The number of nitrogens with two attached hydrogens (primary N) is 1. The van der Waals surface area contributed by atoms with Crippen LogP contribution >= 0.6 is 11.3 Å². The average Bonchev–Trinajstić information content (AvgIpc) is 2.83. The third-order valence-electron chi connectivity index (χ3n) is 3.49. The molecule has 4 nitrogen and oxygen atoms in total. The molecule has 100 valence electrons. The molecule has 1 aromatic rings. The minimum absolute atomic E-state index is 0.196. The summed E-state index contributed by atoms with van der Waals surface area (Å²) in [5, 5.41) is 1.14. The molecule has 1 aromatic heterocycles. The molecule has 0 spiro atoms. The van der Waals surface area contributed by atoms with Crippen molar-refractivity contribution in [1.82, 2.24) is 10.4 Å². The first-order valence-electron chi connectivity index (χ1n) is 6.76. The molecule has 0 atom stereocenters. The molecule has 1 aliphatic carbocycles. The minimum atomic E-state index is -0.196. The highest BCUT2D eigenvalue weighted by molar-refractivity contribution is 7.13. The van der Waals surface area contributed by atoms with Crippen molar-refractivity contribution in [3.63, 3.8) is 0 Å². The Labute approximate surface area is 112 Å². The number of thiazole rings is 1. The van der Waals surface area contributed by atoms with E-state index in [1.807, 2.05) is 0 Å². The molecule has 0 radical (unpaired) electrons. The number of hydrogen-bond acceptors (Lipinski definition) is 4. The van der Waals surface area contributed by atoms with Crippen LogP contribution in [0.15, 0.2) is 0 Å². The van der Waals surface area contributed by atoms with Gasteiger partial charge in [0.2, 0.25) is 0 Å². The number of nitrogens with one attached hydrogen (secondary N) is 1. The monoisotopic (exact) mass is 267 g/mol. The highest BCUT2D eigenvalue weighted by atomic mass is 32.1. The summed E-state index contributed by atoms with van der Waals surface area (Å²) >= 11 is 1.54. The maximum absolute atomic E-state index is 11.7. The van der Waals surface area contributed by atoms with Gasteiger partial charge >= 0.3 is 0 Å². The van der Waals surface area contributed by atoms with Crippen molar-refractivity contribution in [2.75, 3.05) is 0 Å². The molecule has 2 rings (SSSR count). The van der Waals surface area contributed by atoms with E-state index in [-0.39, 0.29) is 5.91 Å². The molecule has 0 aliphatic heterocycles. The Morgan fingerprint density at radius 1 is 1.44 bits per heavy atom. The fraction of sp³-hybridized carbons (Fsp3) is 0.692. The number of amides is 1. The van der Waals surface area contributed by atoms with E-state index in [4.69, 9.17) is 10.8 Å². The predicted molar refractivity (Wildman–Crippen MR) is 73.6 cm³/mol. The number of hydrogen-bond donors (Lipinski definition) is 2. The Hall–Kier alpha value is -0.940. The fourth-order valence-electron chi connectivity index (χ4n) is 2.54. The van der Waals surface area contributed by atoms with E-state index < -0.39 is 0 Å². The number of nitrogens with zero attached hydrogens (tertiary/aromatic N) is 1. The molecule has 18 heavy (non-hydrogen) atoms. The van der Waals surface area contributed by atoms with Crippen LogP contribution in [0.4, 0.5) is 0 Å². The van der Waals surface area contributed by atoms with Crippen molar-refractivity contribution < 1.29 is 4.79 Å². The number of hydrazine groups is 1. The first-order valence-corrected chi connectivity index (χ1v) is 7.58. The Kier molecular flexibility index (Phi) is 4.72. The molecule has 0 bridgehead atoms. The van der Waals surface area contributed by atoms with Crippen LogP contribution in [0.25, 0.3) is 0 Å². The van der Waals surface area contributed by atoms with Gasteiger partial charge in [-0.25, -0.2) is 10.8 Å². The SMILES string of the molecule is CCCc1nc(C2CCCCC2)sc1C(=O)NN. The first-order chi connectivity index (χ1) is 8.76. The molecule has 0 aromatic carbocycles. The van der Waals surface area contributed by atoms with Crippen LogP contribution in [0.2, 0.25) is 0 Å². The van der Waals surface area contributed by atoms with Gasteiger partial charge in [-0.1, -0.05) is 32.6 Å². The molecule has 1 saturated carbocycles. The maximum Gasteiger partial charge on any atom is 0.277 e. The van der Waals surface area contributed by atoms with Crippen LogP contribution in [-0.4, -0.2) is 10.9 Å². The topological polar surface area (TPSA) is 68.0 Å². The summed E-state index contributed by atoms with van der Waals surface area (Å²) in [6.45, 7) is 2.10. The summed E-state index contributed by atoms with van der Waals surface area (Å²) in [6, 6.07) is 0. The summed E-state index contributed by atoms with van der Waals surface area (Å²) < 4.78 is 0. The van der Waals surface area contributed by atoms with E-state index in [1.165, 1.54) is 43.4 Å². The maximum atomic E-state index is 11.7. The zero-order chi connectivity index (χ0) is 13.0. The molecule has 3 N–H and O–H groups in total. The highest BCUT2D eigenvalue weighted by Gasteiger charge is 2.23. The van der Waals surface area contributed by atoms with Crippen molar-refractivity contribution in [1.29, 1.82) is 0 Å². The molecule has 0 unspecified atom stereocenters. The Morgan fingerprint density at radius 2 is 2.17 bits per heavy atom. The summed E-state index contributed by atoms with van der Waals surface area (Å²) in [6.07, 6.45) is 8.17. The van der Waals surface area contributed by atoms with Crippen molar-refractivity contribution >= 4 is 17.2 Å². The number of carbonyl (C=O) groups is 1. The van der Waals surface area contributed by atoms with E-state index >= 15 is 0 Å². The highest BCUT2D eigenvalue weighted by Crippen LogP contribution is 2.36. The molecular weight excluding hydrogens is 246 g/mol. The second kappa shape index (κ2) is 6.29. The number of nitrogen functional groups attached to an aromatic ring is 1. The van der Waals surface area contributed by atoms with Crippen LogP contribution in [-0.2, 0) is 6.42 Å². The lowest BCUT2D eigenvalue weighted by molar-refractivity contribution is 0.0956. The largest absolute Gasteiger partial charge is 0.289 e. The quantitative estimate of drug-likeness (QED) is 0.501. The third kappa shape index (κ3) is 2.90. The minimum Gasteiger partial charge on any atom is -0.289 e. The van der Waals surface area contributed by atoms with Gasteiger partial charge in [-0.2, -0.15) is 0 Å². The second-order valence-corrected chi connectivity index (χ2v) is 5.92. The molecular formula is C13H21N3OS. The number of aromatic nitrogens is 1. The van der Waals surface area contributed by atoms with Crippen LogP contribution < -0.4 is 11.3 Å². The third-order valence-corrected chi connectivity index (χ3v) is 4.75. The Bertz CT molecular complexity index is 410. The smallest absolute Gasteiger partial charge is 0.277 e. The van der Waals surface area contributed by atoms with Gasteiger partial charge in [-0.15, -0.1) is 11.3 Å². The van der Waals surface area contributed by atoms with Gasteiger partial charge in [0.25, 0.3) is 5.91 Å². The number of carbonyl (C=O) groups excluding carboxylic acids is 1. The van der Waals surface area contributed by atoms with Crippen LogP contribution in [0, 0.1) is 0 Å². The molecule has 1 aliphatic rings. The van der Waals surface area contributed by atoms with Gasteiger partial charge in [0.1, 0.15) is 4.88 Å². The van der Waals surface area contributed by atoms with Crippen molar-refractivity contribution in [3.05, 3.63) is 15.6 Å². The predicted octanol–water partition coefficient (Wildman–Crippen LogP) is 2.75. The Morgan fingerprint density at radius 3 is 2.78 bits per heavy atom. The van der Waals surface area contributed by atoms with E-state index in [1.54, 1.807) is 0 Å². The first kappa shape index (κ1) is 13.5. The lowest BCUT2D eigenvalue weighted by Gasteiger charge is -2.18. The van der Waals surface area contributed by atoms with Crippen molar-refractivity contribution in [2.45, 2.75) is 57.8 Å². The molecule has 1 amide bonds. The lowest BCUT2D eigenvalue weighted by Crippen LogP contribution is -2.30. The van der Waals surface area contributed by atoms with Gasteiger partial charge in [0, 0.05) is 5.92 Å². The van der Waals surface area contributed by atoms with Crippen LogP contribution in [0.1, 0.15) is 71.7 Å². The van der Waals surface area contributed by atoms with Crippen molar-refractivity contribution in [2.24, 2.45) is 5.84 Å². The average molecular weight is 267 g/mol. The lowest BCUT2D eigenvalue weighted by atomic mass is 9.90. The zero-order valence-corrected chi connectivity index (χ0v) is 11.7. The standard InChI is InChI=1S/C13H21N3OS/c1-2-6-10-11(12(17)16-14)18-13(15-10)9-7-4-3-5-8-9/h9H,2-8,14H2,1H3,(H,16,17). The molecule has 1 heterocycles. The van der Waals surface area contributed by atoms with Crippen LogP contribution in [0.3, 0.4) is 0 Å². The van der Waals surface area contributed by atoms with E-state index in [0.717, 1.165) is 23.5 Å². The van der Waals surface area contributed by atoms with Crippen molar-refractivity contribution in [3.8, 4) is 0 Å². The molecule has 1 fully saturated rings. The summed E-state index contributed by atoms with van der Waals surface area (Å²) in [7, 11) is 0. The molecule has 5 heteroatoms. The van der Waals surface area contributed by atoms with Gasteiger partial charge in [0.05, 0.1) is 10.7 Å². The number of rotatable bonds is 4. The zero-order valence-electron chi connectivity index (χ0n) is 10.9. The van der Waals surface area contributed by atoms with Gasteiger partial charge in [-0.05, 0) is 19.3 Å². The van der Waals surface area contributed by atoms with E-state index in [2.05, 4.69) is 12.3 Å². The van der Waals surface area contributed by atoms with Gasteiger partial charge < -0.3 is 0 Å².